The van der Waals surface area contributed by atoms with E-state index in [-0.39, 0.29) is 16.8 Å². The van der Waals surface area contributed by atoms with Crippen molar-refractivity contribution in [2.75, 3.05) is 6.61 Å². The lowest BCUT2D eigenvalue weighted by Crippen LogP contribution is -2.14. The monoisotopic (exact) mass is 306 g/mol. The first kappa shape index (κ1) is 15.3. The summed E-state index contributed by atoms with van der Waals surface area (Å²) in [6.07, 6.45) is 1.51. The van der Waals surface area contributed by atoms with Crippen molar-refractivity contribution in [3.05, 3.63) is 38.8 Å². The smallest absolute Gasteiger partial charge is 0.310 e. The molecular weight excluding hydrogens is 288 g/mol. The number of hydrogen-bond acceptors (Lipinski definition) is 5. The molecule has 0 saturated heterocycles. The van der Waals surface area contributed by atoms with Crippen molar-refractivity contribution in [3.63, 3.8) is 0 Å². The van der Waals surface area contributed by atoms with Crippen LogP contribution in [-0.4, -0.2) is 22.5 Å². The highest BCUT2D eigenvalue weighted by Gasteiger charge is 2.14. The lowest BCUT2D eigenvalue weighted by molar-refractivity contribution is 0.340. The van der Waals surface area contributed by atoms with Crippen LogP contribution in [0.2, 0.25) is 0 Å². The molecule has 0 aliphatic carbocycles. The summed E-state index contributed by atoms with van der Waals surface area (Å²) in [6, 6.07) is 7.22. The summed E-state index contributed by atoms with van der Waals surface area (Å²) in [4.78, 5) is 16.3. The fourth-order valence-corrected chi connectivity index (χ4v) is 2.74. The van der Waals surface area contributed by atoms with Crippen LogP contribution >= 0.6 is 11.3 Å². The van der Waals surface area contributed by atoms with Gasteiger partial charge in [0.05, 0.1) is 18.5 Å². The van der Waals surface area contributed by atoms with Crippen LogP contribution in [0.1, 0.15) is 31.7 Å². The van der Waals surface area contributed by atoms with Crippen molar-refractivity contribution in [2.45, 2.75) is 26.8 Å². The number of benzene rings is 1. The molecule has 0 atom stereocenters. The molecule has 5 nitrogen and oxygen atoms in total. The van der Waals surface area contributed by atoms with Crippen LogP contribution in [0.5, 0.6) is 11.6 Å². The number of rotatable bonds is 5. The molecule has 0 unspecified atom stereocenters. The Hall–Kier alpha value is -2.08. The zero-order chi connectivity index (χ0) is 15.4. The number of aliphatic imine (C=N–C) groups is 1. The second-order valence-electron chi connectivity index (χ2n) is 4.70. The number of thiazole rings is 1. The third-order valence-corrected chi connectivity index (χ3v) is 3.72. The van der Waals surface area contributed by atoms with Crippen LogP contribution in [-0.2, 0) is 0 Å². The van der Waals surface area contributed by atoms with Crippen molar-refractivity contribution in [1.29, 1.82) is 0 Å². The molecule has 112 valence electrons. The number of aromatic nitrogens is 1. The van der Waals surface area contributed by atoms with Crippen molar-refractivity contribution < 1.29 is 9.84 Å². The molecule has 6 heteroatoms. The number of nitrogens with zero attached hydrogens (tertiary/aromatic N) is 2. The normalized spacial score (nSPS) is 11.4. The van der Waals surface area contributed by atoms with Crippen LogP contribution in [0.3, 0.4) is 0 Å². The van der Waals surface area contributed by atoms with E-state index in [1.165, 1.54) is 10.8 Å². The zero-order valence-electron chi connectivity index (χ0n) is 12.2. The van der Waals surface area contributed by atoms with Gasteiger partial charge >= 0.3 is 4.87 Å². The van der Waals surface area contributed by atoms with Gasteiger partial charge in [0.1, 0.15) is 10.6 Å². The second kappa shape index (κ2) is 6.58. The molecule has 1 aromatic heterocycles. The van der Waals surface area contributed by atoms with Gasteiger partial charge < -0.3 is 9.84 Å². The lowest BCUT2D eigenvalue weighted by atomic mass is 10.3. The zero-order valence-corrected chi connectivity index (χ0v) is 13.1. The number of ether oxygens (including phenoxy) is 1. The Morgan fingerprint density at radius 2 is 2.05 bits per heavy atom. The first-order valence-corrected chi connectivity index (χ1v) is 7.55. The molecule has 1 N–H and O–H groups in total. The Kier molecular flexibility index (Phi) is 4.80. The summed E-state index contributed by atoms with van der Waals surface area (Å²) >= 11 is 0.983. The van der Waals surface area contributed by atoms with Gasteiger partial charge in [0.15, 0.2) is 0 Å². The lowest BCUT2D eigenvalue weighted by Gasteiger charge is -2.06. The number of aromatic hydroxyl groups is 1. The molecule has 0 aliphatic rings. The van der Waals surface area contributed by atoms with E-state index in [1.807, 2.05) is 45.0 Å². The average Bonchev–Trinajstić information content (AvgIpc) is 2.73. The molecule has 0 fully saturated rings. The van der Waals surface area contributed by atoms with Crippen LogP contribution in [0.4, 0.5) is 5.69 Å². The highest BCUT2D eigenvalue weighted by molar-refractivity contribution is 7.11. The van der Waals surface area contributed by atoms with Gasteiger partial charge in [-0.05, 0) is 45.0 Å². The van der Waals surface area contributed by atoms with Crippen molar-refractivity contribution >= 4 is 23.2 Å². The summed E-state index contributed by atoms with van der Waals surface area (Å²) in [6.45, 7) is 6.24. The van der Waals surface area contributed by atoms with Gasteiger partial charge in [0.2, 0.25) is 5.88 Å². The molecule has 2 rings (SSSR count). The van der Waals surface area contributed by atoms with Crippen LogP contribution in [0.25, 0.3) is 0 Å². The SMILES string of the molecule is CCOc1ccc(N=Cc2sc(=O)n(C(C)C)c2O)cc1. The van der Waals surface area contributed by atoms with Gasteiger partial charge in [0.25, 0.3) is 0 Å². The Balaban J connectivity index is 2.21. The van der Waals surface area contributed by atoms with Gasteiger partial charge in [-0.15, -0.1) is 0 Å². The molecule has 0 bridgehead atoms. The first-order chi connectivity index (χ1) is 10.0. The summed E-state index contributed by atoms with van der Waals surface area (Å²) in [5.41, 5.74) is 0.731. The summed E-state index contributed by atoms with van der Waals surface area (Å²) in [7, 11) is 0. The highest BCUT2D eigenvalue weighted by Crippen LogP contribution is 2.23. The molecular formula is C15H18N2O3S. The maximum Gasteiger partial charge on any atom is 0.310 e. The maximum atomic E-state index is 11.8. The molecule has 1 heterocycles. The largest absolute Gasteiger partial charge is 0.494 e. The minimum atomic E-state index is -0.185. The van der Waals surface area contributed by atoms with Crippen LogP contribution < -0.4 is 9.61 Å². The van der Waals surface area contributed by atoms with Gasteiger partial charge in [0, 0.05) is 6.04 Å². The molecule has 0 saturated carbocycles. The predicted octanol–water partition coefficient (Wildman–Crippen LogP) is 3.35. The third kappa shape index (κ3) is 3.52. The minimum absolute atomic E-state index is 0.0327. The Morgan fingerprint density at radius 1 is 1.38 bits per heavy atom. The van der Waals surface area contributed by atoms with E-state index in [2.05, 4.69) is 4.99 Å². The standard InChI is InChI=1S/C15H18N2O3S/c1-4-20-12-7-5-11(6-8-12)16-9-13-14(18)17(10(2)3)15(19)21-13/h5-10,18H,4H2,1-3H3. The van der Waals surface area contributed by atoms with Crippen molar-refractivity contribution in [3.8, 4) is 11.6 Å². The van der Waals surface area contributed by atoms with E-state index < -0.39 is 0 Å². The fourth-order valence-electron chi connectivity index (χ4n) is 1.86. The molecule has 0 spiro atoms. The van der Waals surface area contributed by atoms with Gasteiger partial charge in [-0.2, -0.15) is 0 Å². The van der Waals surface area contributed by atoms with Gasteiger partial charge in [-0.3, -0.25) is 14.4 Å². The maximum absolute atomic E-state index is 11.8. The van der Waals surface area contributed by atoms with E-state index in [0.717, 1.165) is 22.8 Å². The van der Waals surface area contributed by atoms with Crippen LogP contribution in [0.15, 0.2) is 34.1 Å². The number of hydrogen-bond donors (Lipinski definition) is 1. The Labute approximate surface area is 127 Å². The Bertz CT molecular complexity index is 684. The van der Waals surface area contributed by atoms with E-state index in [4.69, 9.17) is 4.74 Å². The molecule has 21 heavy (non-hydrogen) atoms. The highest BCUT2D eigenvalue weighted by atomic mass is 32.1. The van der Waals surface area contributed by atoms with Crippen molar-refractivity contribution in [2.24, 2.45) is 4.99 Å². The van der Waals surface area contributed by atoms with E-state index in [9.17, 15) is 9.90 Å². The molecule has 1 aromatic carbocycles. The average molecular weight is 306 g/mol. The van der Waals surface area contributed by atoms with E-state index >= 15 is 0 Å². The second-order valence-corrected chi connectivity index (χ2v) is 5.70. The van der Waals surface area contributed by atoms with Gasteiger partial charge in [-0.25, -0.2) is 0 Å². The topological polar surface area (TPSA) is 63.8 Å². The summed E-state index contributed by atoms with van der Waals surface area (Å²) in [5, 5.41) is 10.0. The van der Waals surface area contributed by atoms with E-state index in [0.29, 0.717) is 11.5 Å². The van der Waals surface area contributed by atoms with Gasteiger partial charge in [-0.1, -0.05) is 11.3 Å². The molecule has 2 aromatic rings. The summed E-state index contributed by atoms with van der Waals surface area (Å²) in [5.74, 6) is 0.754. The Morgan fingerprint density at radius 3 is 2.57 bits per heavy atom. The first-order valence-electron chi connectivity index (χ1n) is 6.74. The predicted molar refractivity (Wildman–Crippen MR) is 85.5 cm³/mol. The fraction of sp³-hybridized carbons (Fsp3) is 0.333. The summed E-state index contributed by atoms with van der Waals surface area (Å²) < 4.78 is 6.71. The third-order valence-electron chi connectivity index (χ3n) is 2.84. The molecule has 0 amide bonds. The quantitative estimate of drug-likeness (QED) is 0.862. The molecule has 0 radical (unpaired) electrons. The van der Waals surface area contributed by atoms with Crippen molar-refractivity contribution in [1.82, 2.24) is 4.57 Å². The minimum Gasteiger partial charge on any atom is -0.494 e. The van der Waals surface area contributed by atoms with Crippen LogP contribution in [0, 0.1) is 0 Å². The van der Waals surface area contributed by atoms with E-state index in [1.54, 1.807) is 0 Å². The molecule has 0 aliphatic heterocycles.